The fourth-order valence-electron chi connectivity index (χ4n) is 2.87. The molecule has 3 rings (SSSR count). The molecule has 6 heteroatoms. The second kappa shape index (κ2) is 8.37. The Labute approximate surface area is 164 Å². The monoisotopic (exact) mass is 382 g/mol. The van der Waals surface area contributed by atoms with Crippen LogP contribution < -0.4 is 5.32 Å². The van der Waals surface area contributed by atoms with Crippen molar-refractivity contribution in [1.29, 1.82) is 0 Å². The number of rotatable bonds is 6. The lowest BCUT2D eigenvalue weighted by Crippen LogP contribution is -2.30. The van der Waals surface area contributed by atoms with Gasteiger partial charge in [0.2, 0.25) is 5.91 Å². The number of hydrogen-bond donors (Lipinski definition) is 1. The Balaban J connectivity index is 1.67. The highest BCUT2D eigenvalue weighted by molar-refractivity contribution is 6.31. The van der Waals surface area contributed by atoms with Gasteiger partial charge in [-0.2, -0.15) is 5.10 Å². The molecule has 5 nitrogen and oxygen atoms in total. The Bertz CT molecular complexity index is 934. The number of halogens is 1. The third-order valence-corrected chi connectivity index (χ3v) is 4.56. The Morgan fingerprint density at radius 3 is 2.56 bits per heavy atom. The zero-order chi connectivity index (χ0) is 19.4. The van der Waals surface area contributed by atoms with E-state index in [1.807, 2.05) is 80.4 Å². The van der Waals surface area contributed by atoms with Gasteiger partial charge in [0.15, 0.2) is 0 Å². The van der Waals surface area contributed by atoms with Crippen LogP contribution in [-0.4, -0.2) is 34.2 Å². The molecule has 3 aromatic rings. The average Bonchev–Trinajstić information content (AvgIpc) is 2.97. The summed E-state index contributed by atoms with van der Waals surface area (Å²) in [7, 11) is 1.89. The number of amides is 1. The summed E-state index contributed by atoms with van der Waals surface area (Å²) in [5, 5.41) is 8.16. The van der Waals surface area contributed by atoms with Crippen molar-refractivity contribution in [3.63, 3.8) is 0 Å². The second-order valence-corrected chi connectivity index (χ2v) is 7.14. The molecule has 2 aromatic carbocycles. The van der Waals surface area contributed by atoms with Gasteiger partial charge in [0.25, 0.3) is 0 Å². The van der Waals surface area contributed by atoms with Gasteiger partial charge in [-0.1, -0.05) is 47.5 Å². The zero-order valence-electron chi connectivity index (χ0n) is 15.7. The van der Waals surface area contributed by atoms with Crippen LogP contribution in [0.15, 0.2) is 54.6 Å². The second-order valence-electron chi connectivity index (χ2n) is 6.73. The molecule has 1 aromatic heterocycles. The summed E-state index contributed by atoms with van der Waals surface area (Å²) < 4.78 is 1.75. The Morgan fingerprint density at radius 2 is 1.85 bits per heavy atom. The van der Waals surface area contributed by atoms with Gasteiger partial charge in [-0.3, -0.25) is 9.69 Å². The first-order chi connectivity index (χ1) is 12.9. The highest BCUT2D eigenvalue weighted by Crippen LogP contribution is 2.19. The summed E-state index contributed by atoms with van der Waals surface area (Å²) in [6.07, 6.45) is 0. The molecule has 0 aliphatic carbocycles. The molecular weight excluding hydrogens is 360 g/mol. The number of aromatic nitrogens is 2. The van der Waals surface area contributed by atoms with Crippen molar-refractivity contribution in [1.82, 2.24) is 14.7 Å². The molecule has 0 saturated carbocycles. The predicted molar refractivity (Wildman–Crippen MR) is 109 cm³/mol. The van der Waals surface area contributed by atoms with Gasteiger partial charge in [0.1, 0.15) is 5.82 Å². The van der Waals surface area contributed by atoms with Gasteiger partial charge in [-0.05, 0) is 44.7 Å². The fraction of sp³-hybridized carbons (Fsp3) is 0.238. The number of nitrogens with zero attached hydrogens (tertiary/aromatic N) is 3. The highest BCUT2D eigenvalue weighted by Gasteiger charge is 2.13. The molecule has 0 aliphatic heterocycles. The van der Waals surface area contributed by atoms with Crippen LogP contribution in [0.3, 0.4) is 0 Å². The minimum Gasteiger partial charge on any atom is -0.309 e. The van der Waals surface area contributed by atoms with Gasteiger partial charge in [0, 0.05) is 17.6 Å². The number of anilines is 1. The van der Waals surface area contributed by atoms with Gasteiger partial charge in [-0.15, -0.1) is 0 Å². The van der Waals surface area contributed by atoms with Crippen molar-refractivity contribution in [3.05, 3.63) is 76.4 Å². The van der Waals surface area contributed by atoms with E-state index in [0.29, 0.717) is 17.4 Å². The number of benzene rings is 2. The molecule has 0 unspecified atom stereocenters. The number of nitrogens with one attached hydrogen (secondary N) is 1. The van der Waals surface area contributed by atoms with Gasteiger partial charge < -0.3 is 5.32 Å². The number of aryl methyl sites for hydroxylation is 2. The lowest BCUT2D eigenvalue weighted by atomic mass is 10.2. The molecule has 0 fully saturated rings. The van der Waals surface area contributed by atoms with Crippen molar-refractivity contribution >= 4 is 23.3 Å². The van der Waals surface area contributed by atoms with E-state index in [0.717, 1.165) is 16.9 Å². The van der Waals surface area contributed by atoms with Crippen LogP contribution in [0.4, 0.5) is 5.82 Å². The van der Waals surface area contributed by atoms with E-state index >= 15 is 0 Å². The topological polar surface area (TPSA) is 50.2 Å². The summed E-state index contributed by atoms with van der Waals surface area (Å²) in [6, 6.07) is 17.5. The first-order valence-corrected chi connectivity index (χ1v) is 9.15. The van der Waals surface area contributed by atoms with Crippen molar-refractivity contribution in [3.8, 4) is 5.69 Å². The minimum atomic E-state index is -0.0992. The van der Waals surface area contributed by atoms with Gasteiger partial charge in [0.05, 0.1) is 17.9 Å². The smallest absolute Gasteiger partial charge is 0.239 e. The highest BCUT2D eigenvalue weighted by atomic mass is 35.5. The summed E-state index contributed by atoms with van der Waals surface area (Å²) in [4.78, 5) is 14.4. The molecule has 1 N–H and O–H groups in total. The summed E-state index contributed by atoms with van der Waals surface area (Å²) in [5.74, 6) is 0.560. The van der Waals surface area contributed by atoms with Crippen LogP contribution in [0.2, 0.25) is 5.02 Å². The quantitative estimate of drug-likeness (QED) is 0.694. The number of carbonyl (C=O) groups excluding carboxylic acids is 1. The standard InChI is InChI=1S/C21H23ClN4O/c1-15-8-10-18(11-9-15)26-20(12-16(2)24-26)23-21(27)14-25(3)13-17-6-4-5-7-19(17)22/h4-12H,13-14H2,1-3H3,(H,23,27). The van der Waals surface area contributed by atoms with E-state index in [4.69, 9.17) is 11.6 Å². The fourth-order valence-corrected chi connectivity index (χ4v) is 3.07. The van der Waals surface area contributed by atoms with Crippen LogP contribution in [-0.2, 0) is 11.3 Å². The van der Waals surface area contributed by atoms with E-state index in [-0.39, 0.29) is 12.5 Å². The number of likely N-dealkylation sites (N-methyl/N-ethyl adjacent to an activating group) is 1. The van der Waals surface area contributed by atoms with Crippen LogP contribution in [0, 0.1) is 13.8 Å². The van der Waals surface area contributed by atoms with Crippen LogP contribution in [0.5, 0.6) is 0 Å². The summed E-state index contributed by atoms with van der Waals surface area (Å²) >= 11 is 6.20. The molecule has 1 heterocycles. The maximum atomic E-state index is 12.5. The van der Waals surface area contributed by atoms with Crippen molar-refractivity contribution in [2.75, 3.05) is 18.9 Å². The molecule has 0 radical (unpaired) electrons. The minimum absolute atomic E-state index is 0.0992. The maximum Gasteiger partial charge on any atom is 0.239 e. The molecule has 27 heavy (non-hydrogen) atoms. The SMILES string of the molecule is Cc1ccc(-n2nc(C)cc2NC(=O)CN(C)Cc2ccccc2Cl)cc1. The third kappa shape index (κ3) is 4.96. The molecule has 1 amide bonds. The zero-order valence-corrected chi connectivity index (χ0v) is 16.5. The first-order valence-electron chi connectivity index (χ1n) is 8.78. The molecule has 0 spiro atoms. The Morgan fingerprint density at radius 1 is 1.15 bits per heavy atom. The van der Waals surface area contributed by atoms with E-state index in [1.165, 1.54) is 5.56 Å². The maximum absolute atomic E-state index is 12.5. The van der Waals surface area contributed by atoms with Crippen molar-refractivity contribution in [2.45, 2.75) is 20.4 Å². The Kier molecular flexibility index (Phi) is 5.94. The van der Waals surface area contributed by atoms with Crippen molar-refractivity contribution < 1.29 is 4.79 Å². The molecule has 0 aliphatic rings. The van der Waals surface area contributed by atoms with Gasteiger partial charge in [-0.25, -0.2) is 4.68 Å². The largest absolute Gasteiger partial charge is 0.309 e. The van der Waals surface area contributed by atoms with Crippen LogP contribution in [0.25, 0.3) is 5.69 Å². The molecule has 140 valence electrons. The lowest BCUT2D eigenvalue weighted by molar-refractivity contribution is -0.117. The molecule has 0 atom stereocenters. The summed E-state index contributed by atoms with van der Waals surface area (Å²) in [6.45, 7) is 4.80. The van der Waals surface area contributed by atoms with E-state index in [1.54, 1.807) is 4.68 Å². The van der Waals surface area contributed by atoms with E-state index in [2.05, 4.69) is 10.4 Å². The third-order valence-electron chi connectivity index (χ3n) is 4.19. The van der Waals surface area contributed by atoms with E-state index in [9.17, 15) is 4.79 Å². The molecular formula is C21H23ClN4O. The predicted octanol–water partition coefficient (Wildman–Crippen LogP) is 4.21. The summed E-state index contributed by atoms with van der Waals surface area (Å²) in [5.41, 5.74) is 3.92. The van der Waals surface area contributed by atoms with Crippen LogP contribution >= 0.6 is 11.6 Å². The molecule has 0 saturated heterocycles. The van der Waals surface area contributed by atoms with Crippen LogP contribution in [0.1, 0.15) is 16.8 Å². The number of carbonyl (C=O) groups is 1. The normalized spacial score (nSPS) is 11.0. The average molecular weight is 383 g/mol. The van der Waals surface area contributed by atoms with E-state index < -0.39 is 0 Å². The van der Waals surface area contributed by atoms with Gasteiger partial charge >= 0.3 is 0 Å². The lowest BCUT2D eigenvalue weighted by Gasteiger charge is -2.17. The first kappa shape index (κ1) is 19.1. The molecule has 0 bridgehead atoms. The van der Waals surface area contributed by atoms with Crippen molar-refractivity contribution in [2.24, 2.45) is 0 Å². The number of hydrogen-bond acceptors (Lipinski definition) is 3. The Hall–Kier alpha value is -2.63.